The lowest BCUT2D eigenvalue weighted by atomic mass is 10.1. The molecule has 35 heavy (non-hydrogen) atoms. The van der Waals surface area contributed by atoms with Gasteiger partial charge in [0.25, 0.3) is 0 Å². The number of hydrogen-bond donors (Lipinski definition) is 2. The highest BCUT2D eigenvalue weighted by atomic mass is 16.5. The molecule has 2 aliphatic heterocycles. The number of carboxylic acid groups (broad SMARTS) is 1. The van der Waals surface area contributed by atoms with Crippen LogP contribution >= 0.6 is 0 Å². The van der Waals surface area contributed by atoms with Crippen LogP contribution in [0.15, 0.2) is 30.3 Å². The molecule has 3 heterocycles. The monoisotopic (exact) mass is 476 g/mol. The molecule has 0 unspecified atom stereocenters. The Labute approximate surface area is 205 Å². The van der Waals surface area contributed by atoms with E-state index in [0.717, 1.165) is 42.9 Å². The highest BCUT2D eigenvalue weighted by molar-refractivity contribution is 6.04. The number of nitrogens with one attached hydrogen (secondary N) is 1. The van der Waals surface area contributed by atoms with E-state index in [-0.39, 0.29) is 18.7 Å². The summed E-state index contributed by atoms with van der Waals surface area (Å²) in [5.41, 5.74) is 4.32. The molecule has 3 aliphatic rings. The van der Waals surface area contributed by atoms with Gasteiger partial charge in [-0.15, -0.1) is 0 Å². The van der Waals surface area contributed by atoms with Crippen LogP contribution in [-0.2, 0) is 11.3 Å². The summed E-state index contributed by atoms with van der Waals surface area (Å²) in [6, 6.07) is 9.79. The average Bonchev–Trinajstić information content (AvgIpc) is 3.46. The number of carboxylic acids is 1. The molecule has 0 atom stereocenters. The number of amidine groups is 1. The number of hydrogen-bond acceptors (Lipinski definition) is 6. The molecule has 1 aromatic carbocycles. The molecular formula is C27H32N4O4. The van der Waals surface area contributed by atoms with Gasteiger partial charge in [0.05, 0.1) is 13.2 Å². The summed E-state index contributed by atoms with van der Waals surface area (Å²) in [6.07, 6.45) is 5.91. The maximum Gasteiger partial charge on any atom is 0.303 e. The fourth-order valence-corrected chi connectivity index (χ4v) is 4.83. The Hall–Kier alpha value is -3.42. The van der Waals surface area contributed by atoms with Gasteiger partial charge in [-0.2, -0.15) is 0 Å². The zero-order valence-corrected chi connectivity index (χ0v) is 20.0. The van der Waals surface area contributed by atoms with Crippen LogP contribution in [0.4, 0.5) is 5.69 Å². The molecule has 1 aliphatic carbocycles. The molecule has 8 nitrogen and oxygen atoms in total. The third-order valence-corrected chi connectivity index (χ3v) is 6.97. The SMILES string of the molecule is N=C1c2nc(C3CC3)ccc2CN1CC(=O)c1cc(OCCCCC(=O)O)cc(N2CCCC2)c1. The molecule has 5 rings (SSSR count). The van der Waals surface area contributed by atoms with Gasteiger partial charge < -0.3 is 19.6 Å². The second kappa shape index (κ2) is 10.1. The number of carbonyl (C=O) groups excluding carboxylic acids is 1. The third kappa shape index (κ3) is 5.47. The predicted octanol–water partition coefficient (Wildman–Crippen LogP) is 4.22. The van der Waals surface area contributed by atoms with Crippen LogP contribution in [0.5, 0.6) is 5.75 Å². The zero-order chi connectivity index (χ0) is 24.4. The molecule has 0 spiro atoms. The van der Waals surface area contributed by atoms with E-state index in [1.165, 1.54) is 12.8 Å². The van der Waals surface area contributed by atoms with Crippen molar-refractivity contribution >= 4 is 23.3 Å². The van der Waals surface area contributed by atoms with E-state index in [9.17, 15) is 9.59 Å². The highest BCUT2D eigenvalue weighted by Crippen LogP contribution is 2.39. The summed E-state index contributed by atoms with van der Waals surface area (Å²) >= 11 is 0. The maximum absolute atomic E-state index is 13.4. The number of pyridine rings is 1. The number of unbranched alkanes of at least 4 members (excludes halogenated alkanes) is 1. The minimum Gasteiger partial charge on any atom is -0.493 e. The predicted molar refractivity (Wildman–Crippen MR) is 133 cm³/mol. The lowest BCUT2D eigenvalue weighted by Crippen LogP contribution is -2.30. The van der Waals surface area contributed by atoms with Crippen molar-refractivity contribution in [1.82, 2.24) is 9.88 Å². The van der Waals surface area contributed by atoms with E-state index in [1.807, 2.05) is 12.1 Å². The summed E-state index contributed by atoms with van der Waals surface area (Å²) in [7, 11) is 0. The molecular weight excluding hydrogens is 444 g/mol. The van der Waals surface area contributed by atoms with Crippen molar-refractivity contribution in [3.8, 4) is 5.75 Å². The van der Waals surface area contributed by atoms with Gasteiger partial charge in [0.1, 0.15) is 17.3 Å². The van der Waals surface area contributed by atoms with E-state index < -0.39 is 5.97 Å². The summed E-state index contributed by atoms with van der Waals surface area (Å²) < 4.78 is 5.92. The number of carbonyl (C=O) groups is 2. The van der Waals surface area contributed by atoms with Crippen molar-refractivity contribution < 1.29 is 19.4 Å². The maximum atomic E-state index is 13.4. The Morgan fingerprint density at radius 2 is 1.91 bits per heavy atom. The van der Waals surface area contributed by atoms with Crippen LogP contribution in [0.3, 0.4) is 0 Å². The first kappa shape index (κ1) is 23.3. The van der Waals surface area contributed by atoms with Crippen LogP contribution in [0.2, 0.25) is 0 Å². The standard InChI is InChI=1S/C27H32N4O4/c28-27-26-19(8-9-23(29-26)18-6-7-18)16-31(27)17-24(32)20-13-21(30-10-2-3-11-30)15-22(14-20)35-12-4-1-5-25(33)34/h8-9,13-15,18,28H,1-7,10-12,16-17H2,(H,33,34). The minimum atomic E-state index is -0.803. The molecule has 2 N–H and O–H groups in total. The fraction of sp³-hybridized carbons (Fsp3) is 0.481. The number of fused-ring (bicyclic) bond motifs is 1. The quantitative estimate of drug-likeness (QED) is 0.369. The lowest BCUT2D eigenvalue weighted by molar-refractivity contribution is -0.137. The number of aliphatic carboxylic acids is 1. The molecule has 2 aromatic rings. The number of anilines is 1. The first-order chi connectivity index (χ1) is 17.0. The van der Waals surface area contributed by atoms with Gasteiger partial charge in [-0.1, -0.05) is 6.07 Å². The number of rotatable bonds is 11. The van der Waals surface area contributed by atoms with E-state index in [0.29, 0.717) is 54.8 Å². The van der Waals surface area contributed by atoms with Crippen molar-refractivity contribution in [1.29, 1.82) is 5.41 Å². The summed E-state index contributed by atoms with van der Waals surface area (Å²) in [4.78, 5) is 32.9. The molecule has 0 radical (unpaired) electrons. The van der Waals surface area contributed by atoms with Gasteiger partial charge in [0.15, 0.2) is 5.78 Å². The Bertz CT molecular complexity index is 1140. The second-order valence-corrected chi connectivity index (χ2v) is 9.76. The second-order valence-electron chi connectivity index (χ2n) is 9.76. The number of aromatic nitrogens is 1. The van der Waals surface area contributed by atoms with Gasteiger partial charge in [-0.25, -0.2) is 4.98 Å². The van der Waals surface area contributed by atoms with Crippen molar-refractivity contribution in [3.05, 3.63) is 52.8 Å². The van der Waals surface area contributed by atoms with Gasteiger partial charge in [-0.05, 0) is 56.7 Å². The number of Topliss-reactive ketones (excluding diaryl/α,β-unsaturated/α-hetero) is 1. The van der Waals surface area contributed by atoms with Crippen LogP contribution in [0, 0.1) is 5.41 Å². The minimum absolute atomic E-state index is 0.0539. The van der Waals surface area contributed by atoms with Crippen molar-refractivity contribution in [2.24, 2.45) is 0 Å². The average molecular weight is 477 g/mol. The Balaban J connectivity index is 1.28. The molecule has 1 saturated heterocycles. The van der Waals surface area contributed by atoms with Crippen LogP contribution < -0.4 is 9.64 Å². The number of nitrogens with zero attached hydrogens (tertiary/aromatic N) is 3. The van der Waals surface area contributed by atoms with E-state index in [4.69, 9.17) is 20.2 Å². The molecule has 0 amide bonds. The van der Waals surface area contributed by atoms with E-state index in [1.54, 1.807) is 11.0 Å². The zero-order valence-electron chi connectivity index (χ0n) is 20.0. The summed E-state index contributed by atoms with van der Waals surface area (Å²) in [5.74, 6) is 0.619. The number of benzene rings is 1. The van der Waals surface area contributed by atoms with Crippen LogP contribution in [0.25, 0.3) is 0 Å². The Morgan fingerprint density at radius 3 is 2.66 bits per heavy atom. The lowest BCUT2D eigenvalue weighted by Gasteiger charge is -2.21. The third-order valence-electron chi connectivity index (χ3n) is 6.97. The normalized spacial score (nSPS) is 17.1. The van der Waals surface area contributed by atoms with E-state index >= 15 is 0 Å². The van der Waals surface area contributed by atoms with Gasteiger partial charge in [-0.3, -0.25) is 15.0 Å². The molecule has 1 saturated carbocycles. The molecule has 8 heteroatoms. The van der Waals surface area contributed by atoms with Crippen molar-refractivity contribution in [2.75, 3.05) is 31.1 Å². The first-order valence-electron chi connectivity index (χ1n) is 12.6. The molecule has 0 bridgehead atoms. The van der Waals surface area contributed by atoms with Crippen LogP contribution in [0.1, 0.15) is 78.2 Å². The number of ether oxygens (including phenoxy) is 1. The topological polar surface area (TPSA) is 107 Å². The van der Waals surface area contributed by atoms with Crippen LogP contribution in [-0.4, -0.2) is 58.8 Å². The first-order valence-corrected chi connectivity index (χ1v) is 12.6. The number of ketones is 1. The molecule has 2 fully saturated rings. The van der Waals surface area contributed by atoms with Gasteiger partial charge >= 0.3 is 5.97 Å². The molecule has 184 valence electrons. The van der Waals surface area contributed by atoms with Crippen molar-refractivity contribution in [2.45, 2.75) is 57.4 Å². The van der Waals surface area contributed by atoms with Gasteiger partial charge in [0, 0.05) is 60.5 Å². The smallest absolute Gasteiger partial charge is 0.303 e. The molecule has 1 aromatic heterocycles. The Morgan fingerprint density at radius 1 is 1.11 bits per heavy atom. The largest absolute Gasteiger partial charge is 0.493 e. The van der Waals surface area contributed by atoms with Crippen molar-refractivity contribution in [3.63, 3.8) is 0 Å². The van der Waals surface area contributed by atoms with Gasteiger partial charge in [0.2, 0.25) is 0 Å². The van der Waals surface area contributed by atoms with E-state index in [2.05, 4.69) is 17.0 Å². The summed E-state index contributed by atoms with van der Waals surface area (Å²) in [6.45, 7) is 2.96. The Kier molecular flexibility index (Phi) is 6.70. The summed E-state index contributed by atoms with van der Waals surface area (Å²) in [5, 5.41) is 17.4. The highest BCUT2D eigenvalue weighted by Gasteiger charge is 2.31. The fourth-order valence-electron chi connectivity index (χ4n) is 4.83.